The predicted molar refractivity (Wildman–Crippen MR) is 86.1 cm³/mol. The summed E-state index contributed by atoms with van der Waals surface area (Å²) in [5, 5.41) is 0. The number of ether oxygens (including phenoxy) is 2. The highest BCUT2D eigenvalue weighted by atomic mass is 16.7. The van der Waals surface area contributed by atoms with E-state index in [0.717, 1.165) is 16.7 Å². The van der Waals surface area contributed by atoms with Crippen LogP contribution < -0.4 is 0 Å². The van der Waals surface area contributed by atoms with E-state index in [1.807, 2.05) is 13.8 Å². The normalized spacial score (nSPS) is 13.4. The molecule has 0 aliphatic rings. The summed E-state index contributed by atoms with van der Waals surface area (Å²) in [6.07, 6.45) is -0.419. The number of rotatable bonds is 5. The summed E-state index contributed by atoms with van der Waals surface area (Å²) in [5.41, 5.74) is 5.56. The Bertz CT molecular complexity index is 527. The number of hydrogen-bond donors (Lipinski definition) is 0. The molecule has 1 unspecified atom stereocenters. The Morgan fingerprint density at radius 3 is 1.67 bits per heavy atom. The topological polar surface area (TPSA) is 35.5 Å². The number of ketones is 1. The van der Waals surface area contributed by atoms with Crippen LogP contribution >= 0.6 is 0 Å². The molecule has 21 heavy (non-hydrogen) atoms. The number of methoxy groups -OCH3 is 1. The molecule has 3 heteroatoms. The Morgan fingerprint density at radius 1 is 0.905 bits per heavy atom. The van der Waals surface area contributed by atoms with Crippen LogP contribution in [0.25, 0.3) is 0 Å². The molecule has 0 aromatic heterocycles. The van der Waals surface area contributed by atoms with Gasteiger partial charge in [-0.2, -0.15) is 0 Å². The van der Waals surface area contributed by atoms with Crippen molar-refractivity contribution in [1.29, 1.82) is 0 Å². The number of carbonyl (C=O) groups is 1. The van der Waals surface area contributed by atoms with Crippen LogP contribution in [0.15, 0.2) is 0 Å². The van der Waals surface area contributed by atoms with E-state index in [4.69, 9.17) is 9.47 Å². The van der Waals surface area contributed by atoms with Crippen molar-refractivity contribution in [2.24, 2.45) is 0 Å². The summed E-state index contributed by atoms with van der Waals surface area (Å²) < 4.78 is 10.9. The first-order valence-corrected chi connectivity index (χ1v) is 7.37. The van der Waals surface area contributed by atoms with Crippen molar-refractivity contribution < 1.29 is 14.3 Å². The number of hydrogen-bond acceptors (Lipinski definition) is 3. The van der Waals surface area contributed by atoms with E-state index in [9.17, 15) is 4.79 Å². The van der Waals surface area contributed by atoms with Crippen molar-refractivity contribution in [3.63, 3.8) is 0 Å². The third-order valence-electron chi connectivity index (χ3n) is 4.57. The molecule has 0 fully saturated rings. The molecule has 1 rings (SSSR count). The SMILES string of the molecule is COC(C)OC(C)(C)C(=O)c1c(C)c(C)c(C)c(C)c1C. The summed E-state index contributed by atoms with van der Waals surface area (Å²) in [7, 11) is 1.57. The minimum Gasteiger partial charge on any atom is -0.356 e. The fourth-order valence-electron chi connectivity index (χ4n) is 2.66. The van der Waals surface area contributed by atoms with Crippen LogP contribution in [0, 0.1) is 34.6 Å². The maximum absolute atomic E-state index is 13.0. The van der Waals surface area contributed by atoms with Crippen LogP contribution in [0.5, 0.6) is 0 Å². The second-order valence-corrected chi connectivity index (χ2v) is 6.26. The van der Waals surface area contributed by atoms with Gasteiger partial charge in [-0.25, -0.2) is 0 Å². The number of carbonyl (C=O) groups excluding carboxylic acids is 1. The summed E-state index contributed by atoms with van der Waals surface area (Å²) in [4.78, 5) is 13.0. The van der Waals surface area contributed by atoms with Gasteiger partial charge in [-0.1, -0.05) is 0 Å². The van der Waals surface area contributed by atoms with Crippen molar-refractivity contribution in [2.45, 2.75) is 67.3 Å². The van der Waals surface area contributed by atoms with E-state index in [0.29, 0.717) is 0 Å². The molecule has 0 aliphatic carbocycles. The Hall–Kier alpha value is -1.19. The highest BCUT2D eigenvalue weighted by Gasteiger charge is 2.34. The van der Waals surface area contributed by atoms with Gasteiger partial charge in [0.2, 0.25) is 0 Å². The van der Waals surface area contributed by atoms with E-state index >= 15 is 0 Å². The van der Waals surface area contributed by atoms with Gasteiger partial charge in [-0.3, -0.25) is 4.79 Å². The van der Waals surface area contributed by atoms with Crippen LogP contribution in [-0.4, -0.2) is 24.8 Å². The zero-order chi connectivity index (χ0) is 16.5. The molecule has 0 radical (unpaired) electrons. The van der Waals surface area contributed by atoms with Crippen LogP contribution in [0.3, 0.4) is 0 Å². The highest BCUT2D eigenvalue weighted by Crippen LogP contribution is 2.30. The second kappa shape index (κ2) is 6.29. The van der Waals surface area contributed by atoms with E-state index in [2.05, 4.69) is 20.8 Å². The molecule has 1 aromatic rings. The van der Waals surface area contributed by atoms with Gasteiger partial charge in [0.05, 0.1) is 0 Å². The molecule has 0 bridgehead atoms. The number of benzene rings is 1. The molecule has 0 spiro atoms. The lowest BCUT2D eigenvalue weighted by Crippen LogP contribution is -2.39. The summed E-state index contributed by atoms with van der Waals surface area (Å²) in [5.74, 6) is 0.00704. The van der Waals surface area contributed by atoms with Crippen molar-refractivity contribution in [3.8, 4) is 0 Å². The van der Waals surface area contributed by atoms with Gasteiger partial charge in [0.25, 0.3) is 0 Å². The Morgan fingerprint density at radius 2 is 1.29 bits per heavy atom. The molecular weight excluding hydrogens is 264 g/mol. The molecule has 1 aromatic carbocycles. The van der Waals surface area contributed by atoms with E-state index in [1.165, 1.54) is 16.7 Å². The lowest BCUT2D eigenvalue weighted by molar-refractivity contribution is -0.160. The van der Waals surface area contributed by atoms with Crippen molar-refractivity contribution in [1.82, 2.24) is 0 Å². The van der Waals surface area contributed by atoms with Crippen molar-refractivity contribution >= 4 is 5.78 Å². The summed E-state index contributed by atoms with van der Waals surface area (Å²) >= 11 is 0. The fourth-order valence-corrected chi connectivity index (χ4v) is 2.66. The van der Waals surface area contributed by atoms with E-state index < -0.39 is 11.9 Å². The zero-order valence-corrected chi connectivity index (χ0v) is 14.8. The minimum absolute atomic E-state index is 0.00704. The molecule has 0 amide bonds. The molecule has 0 saturated carbocycles. The van der Waals surface area contributed by atoms with Crippen LogP contribution in [0.2, 0.25) is 0 Å². The van der Waals surface area contributed by atoms with Crippen molar-refractivity contribution in [3.05, 3.63) is 33.4 Å². The van der Waals surface area contributed by atoms with Gasteiger partial charge in [0.1, 0.15) is 5.60 Å². The van der Waals surface area contributed by atoms with Gasteiger partial charge in [-0.15, -0.1) is 0 Å². The summed E-state index contributed by atoms with van der Waals surface area (Å²) in [6.45, 7) is 15.7. The maximum atomic E-state index is 13.0. The largest absolute Gasteiger partial charge is 0.356 e. The monoisotopic (exact) mass is 292 g/mol. The number of Topliss-reactive ketones (excluding diaryl/α,β-unsaturated/α-hetero) is 1. The van der Waals surface area contributed by atoms with Crippen molar-refractivity contribution in [2.75, 3.05) is 7.11 Å². The van der Waals surface area contributed by atoms with E-state index in [-0.39, 0.29) is 5.78 Å². The molecule has 0 N–H and O–H groups in total. The lowest BCUT2D eigenvalue weighted by atomic mass is 9.84. The second-order valence-electron chi connectivity index (χ2n) is 6.26. The van der Waals surface area contributed by atoms with Gasteiger partial charge in [-0.05, 0) is 83.2 Å². The molecule has 0 saturated heterocycles. The van der Waals surface area contributed by atoms with Crippen LogP contribution in [-0.2, 0) is 9.47 Å². The van der Waals surface area contributed by atoms with E-state index in [1.54, 1.807) is 27.9 Å². The van der Waals surface area contributed by atoms with Gasteiger partial charge in [0, 0.05) is 12.7 Å². The Kier molecular flexibility index (Phi) is 5.35. The molecule has 0 aliphatic heterocycles. The third kappa shape index (κ3) is 3.35. The first-order chi connectivity index (χ1) is 9.54. The molecule has 1 atom stereocenters. The Labute approximate surface area is 128 Å². The molecule has 3 nitrogen and oxygen atoms in total. The minimum atomic E-state index is -0.918. The van der Waals surface area contributed by atoms with Crippen LogP contribution in [0.1, 0.15) is 58.9 Å². The average Bonchev–Trinajstić information content (AvgIpc) is 2.42. The fraction of sp³-hybridized carbons (Fsp3) is 0.611. The quantitative estimate of drug-likeness (QED) is 0.602. The standard InChI is InChI=1S/C18H28O3/c1-10-11(2)13(4)16(14(5)12(10)3)17(19)18(7,8)21-15(6)20-9/h15H,1-9H3. The first kappa shape index (κ1) is 17.9. The van der Waals surface area contributed by atoms with Crippen LogP contribution in [0.4, 0.5) is 0 Å². The average molecular weight is 292 g/mol. The molecular formula is C18H28O3. The lowest BCUT2D eigenvalue weighted by Gasteiger charge is -2.29. The first-order valence-electron chi connectivity index (χ1n) is 7.37. The summed E-state index contributed by atoms with van der Waals surface area (Å²) in [6, 6.07) is 0. The predicted octanol–water partition coefficient (Wildman–Crippen LogP) is 4.20. The smallest absolute Gasteiger partial charge is 0.194 e. The van der Waals surface area contributed by atoms with Gasteiger partial charge >= 0.3 is 0 Å². The Balaban J connectivity index is 3.38. The maximum Gasteiger partial charge on any atom is 0.194 e. The highest BCUT2D eigenvalue weighted by molar-refractivity contribution is 6.05. The van der Waals surface area contributed by atoms with Gasteiger partial charge < -0.3 is 9.47 Å². The third-order valence-corrected chi connectivity index (χ3v) is 4.57. The van der Waals surface area contributed by atoms with Gasteiger partial charge in [0.15, 0.2) is 12.1 Å². The zero-order valence-electron chi connectivity index (χ0n) is 14.8. The molecule has 118 valence electrons. The molecule has 0 heterocycles.